The van der Waals surface area contributed by atoms with Gasteiger partial charge in [0.2, 0.25) is 5.91 Å². The molecular weight excluding hydrogens is 328 g/mol. The Balaban J connectivity index is 1.48. The van der Waals surface area contributed by atoms with Crippen LogP contribution in [0.5, 0.6) is 0 Å². The summed E-state index contributed by atoms with van der Waals surface area (Å²) < 4.78 is 5.39. The van der Waals surface area contributed by atoms with E-state index in [-0.39, 0.29) is 30.8 Å². The summed E-state index contributed by atoms with van der Waals surface area (Å²) in [7, 11) is 0. The molecule has 0 saturated carbocycles. The van der Waals surface area contributed by atoms with Gasteiger partial charge in [-0.2, -0.15) is 5.10 Å². The highest BCUT2D eigenvalue weighted by Gasteiger charge is 2.22. The van der Waals surface area contributed by atoms with Gasteiger partial charge in [-0.3, -0.25) is 9.59 Å². The zero-order chi connectivity index (χ0) is 18.4. The minimum absolute atomic E-state index is 0.0582. The van der Waals surface area contributed by atoms with Gasteiger partial charge >= 0.3 is 5.97 Å². The normalized spacial score (nSPS) is 14.7. The number of ether oxygens (including phenoxy) is 1. The van der Waals surface area contributed by atoms with Crippen molar-refractivity contribution in [2.45, 2.75) is 32.3 Å². The maximum absolute atomic E-state index is 12.3. The third-order valence-electron chi connectivity index (χ3n) is 4.32. The maximum atomic E-state index is 12.3. The van der Waals surface area contributed by atoms with E-state index < -0.39 is 0 Å². The van der Waals surface area contributed by atoms with E-state index in [4.69, 9.17) is 4.74 Å². The molecule has 0 aromatic heterocycles. The van der Waals surface area contributed by atoms with Crippen LogP contribution in [0.4, 0.5) is 0 Å². The predicted octanol–water partition coefficient (Wildman–Crippen LogP) is 3.71. The van der Waals surface area contributed by atoms with E-state index in [0.29, 0.717) is 6.54 Å². The van der Waals surface area contributed by atoms with Crippen molar-refractivity contribution >= 4 is 17.6 Å². The molecule has 26 heavy (non-hydrogen) atoms. The summed E-state index contributed by atoms with van der Waals surface area (Å²) >= 11 is 0. The number of benzene rings is 2. The van der Waals surface area contributed by atoms with Crippen molar-refractivity contribution in [3.05, 3.63) is 71.8 Å². The number of rotatable bonds is 6. The molecule has 0 aliphatic carbocycles. The van der Waals surface area contributed by atoms with Crippen molar-refractivity contribution < 1.29 is 14.3 Å². The smallest absolute Gasteiger partial charge is 0.306 e. The Labute approximate surface area is 153 Å². The fraction of sp³-hybridized carbons (Fsp3) is 0.286. The predicted molar refractivity (Wildman–Crippen MR) is 99.5 cm³/mol. The first-order valence-corrected chi connectivity index (χ1v) is 8.81. The quantitative estimate of drug-likeness (QED) is 0.746. The molecule has 1 atom stereocenters. The summed E-state index contributed by atoms with van der Waals surface area (Å²) in [6, 6.07) is 19.3. The first-order chi connectivity index (χ1) is 12.6. The first kappa shape index (κ1) is 17.9. The van der Waals surface area contributed by atoms with Gasteiger partial charge in [-0.05, 0) is 18.1 Å². The molecule has 0 bridgehead atoms. The van der Waals surface area contributed by atoms with Crippen LogP contribution in [0.15, 0.2) is 65.8 Å². The van der Waals surface area contributed by atoms with Crippen molar-refractivity contribution in [3.8, 4) is 0 Å². The summed E-state index contributed by atoms with van der Waals surface area (Å²) in [4.78, 5) is 24.3. The van der Waals surface area contributed by atoms with Gasteiger partial charge in [0.05, 0.1) is 18.7 Å². The van der Waals surface area contributed by atoms with E-state index in [9.17, 15) is 9.59 Å². The van der Waals surface area contributed by atoms with Gasteiger partial charge in [-0.25, -0.2) is 5.01 Å². The number of nitrogens with zero attached hydrogens (tertiary/aromatic N) is 2. The molecule has 5 nitrogen and oxygen atoms in total. The Bertz CT molecular complexity index is 787. The second-order valence-corrected chi connectivity index (χ2v) is 6.22. The highest BCUT2D eigenvalue weighted by molar-refractivity contribution is 6.02. The summed E-state index contributed by atoms with van der Waals surface area (Å²) in [6.45, 7) is 2.38. The van der Waals surface area contributed by atoms with Crippen molar-refractivity contribution in [1.29, 1.82) is 0 Å². The Kier molecular flexibility index (Phi) is 5.79. The van der Waals surface area contributed by atoms with Crippen LogP contribution < -0.4 is 0 Å². The van der Waals surface area contributed by atoms with Crippen molar-refractivity contribution in [2.75, 3.05) is 6.54 Å². The van der Waals surface area contributed by atoms with Crippen molar-refractivity contribution in [1.82, 2.24) is 5.01 Å². The standard InChI is InChI=1S/C21H22N2O3/c1-16(17-8-4-2-5-9-17)26-21(25)13-12-20(24)23-15-14-19(22-23)18-10-6-3-7-11-18/h2-11,16H,12-15H2,1H3. The van der Waals surface area contributed by atoms with Crippen molar-refractivity contribution in [3.63, 3.8) is 0 Å². The van der Waals surface area contributed by atoms with Gasteiger partial charge in [0.25, 0.3) is 0 Å². The largest absolute Gasteiger partial charge is 0.458 e. The Hall–Kier alpha value is -2.95. The molecule has 0 saturated heterocycles. The molecule has 1 unspecified atom stereocenters. The Morgan fingerprint density at radius 3 is 2.38 bits per heavy atom. The Morgan fingerprint density at radius 1 is 1.04 bits per heavy atom. The van der Waals surface area contributed by atoms with E-state index in [0.717, 1.165) is 23.3 Å². The lowest BCUT2D eigenvalue weighted by Crippen LogP contribution is -2.24. The van der Waals surface area contributed by atoms with E-state index in [1.807, 2.05) is 67.6 Å². The molecule has 5 heteroatoms. The molecule has 2 aromatic carbocycles. The van der Waals surface area contributed by atoms with Crippen LogP contribution in [-0.2, 0) is 14.3 Å². The van der Waals surface area contributed by atoms with Crippen LogP contribution in [0.1, 0.15) is 43.4 Å². The van der Waals surface area contributed by atoms with Gasteiger partial charge in [0.1, 0.15) is 6.10 Å². The second-order valence-electron chi connectivity index (χ2n) is 6.22. The highest BCUT2D eigenvalue weighted by Crippen LogP contribution is 2.18. The summed E-state index contributed by atoms with van der Waals surface area (Å²) in [5.74, 6) is -0.526. The molecule has 3 rings (SSSR count). The molecule has 134 valence electrons. The number of carbonyl (C=O) groups is 2. The summed E-state index contributed by atoms with van der Waals surface area (Å²) in [6.07, 6.45) is 0.563. The van der Waals surface area contributed by atoms with Gasteiger partial charge < -0.3 is 4.74 Å². The number of hydrogen-bond donors (Lipinski definition) is 0. The van der Waals surface area contributed by atoms with E-state index in [1.165, 1.54) is 5.01 Å². The number of hydrazone groups is 1. The lowest BCUT2D eigenvalue weighted by atomic mass is 10.1. The SMILES string of the molecule is CC(OC(=O)CCC(=O)N1CCC(c2ccccc2)=N1)c1ccccc1. The van der Waals surface area contributed by atoms with Gasteiger partial charge in [-0.15, -0.1) is 0 Å². The second kappa shape index (κ2) is 8.43. The average Bonchev–Trinajstić information content (AvgIpc) is 3.18. The fourth-order valence-electron chi connectivity index (χ4n) is 2.86. The monoisotopic (exact) mass is 350 g/mol. The minimum Gasteiger partial charge on any atom is -0.458 e. The average molecular weight is 350 g/mol. The van der Waals surface area contributed by atoms with Crippen LogP contribution in [-0.4, -0.2) is 29.1 Å². The first-order valence-electron chi connectivity index (χ1n) is 8.81. The number of amides is 1. The molecule has 1 amide bonds. The topological polar surface area (TPSA) is 59.0 Å². The highest BCUT2D eigenvalue weighted by atomic mass is 16.5. The Morgan fingerprint density at radius 2 is 1.69 bits per heavy atom. The molecule has 2 aromatic rings. The van der Waals surface area contributed by atoms with Crippen LogP contribution in [0.25, 0.3) is 0 Å². The van der Waals surface area contributed by atoms with Crippen LogP contribution >= 0.6 is 0 Å². The summed E-state index contributed by atoms with van der Waals surface area (Å²) in [5.41, 5.74) is 2.86. The van der Waals surface area contributed by atoms with Gasteiger partial charge in [0, 0.05) is 12.8 Å². The number of hydrogen-bond acceptors (Lipinski definition) is 4. The lowest BCUT2D eigenvalue weighted by Gasteiger charge is -2.14. The third-order valence-corrected chi connectivity index (χ3v) is 4.32. The molecule has 0 spiro atoms. The molecule has 0 radical (unpaired) electrons. The van der Waals surface area contributed by atoms with E-state index in [2.05, 4.69) is 5.10 Å². The van der Waals surface area contributed by atoms with E-state index in [1.54, 1.807) is 0 Å². The van der Waals surface area contributed by atoms with Gasteiger partial charge in [0.15, 0.2) is 0 Å². The third kappa shape index (κ3) is 4.57. The molecular formula is C21H22N2O3. The zero-order valence-corrected chi connectivity index (χ0v) is 14.8. The van der Waals surface area contributed by atoms with Gasteiger partial charge in [-0.1, -0.05) is 60.7 Å². The molecule has 1 aliphatic heterocycles. The van der Waals surface area contributed by atoms with E-state index >= 15 is 0 Å². The van der Waals surface area contributed by atoms with Crippen molar-refractivity contribution in [2.24, 2.45) is 5.10 Å². The van der Waals surface area contributed by atoms with Crippen LogP contribution in [0.2, 0.25) is 0 Å². The molecule has 1 aliphatic rings. The number of carbonyl (C=O) groups excluding carboxylic acids is 2. The minimum atomic E-state index is -0.374. The molecule has 0 N–H and O–H groups in total. The number of esters is 1. The fourth-order valence-corrected chi connectivity index (χ4v) is 2.86. The van der Waals surface area contributed by atoms with Crippen LogP contribution in [0, 0.1) is 0 Å². The summed E-state index contributed by atoms with van der Waals surface area (Å²) in [5, 5.41) is 5.85. The lowest BCUT2D eigenvalue weighted by molar-refractivity contribution is -0.150. The molecule has 0 fully saturated rings. The molecule has 1 heterocycles. The zero-order valence-electron chi connectivity index (χ0n) is 14.8. The maximum Gasteiger partial charge on any atom is 0.306 e. The van der Waals surface area contributed by atoms with Crippen LogP contribution in [0.3, 0.4) is 0 Å².